The highest BCUT2D eigenvalue weighted by atomic mass is 35.5. The first-order valence-corrected chi connectivity index (χ1v) is 11.3. The van der Waals surface area contributed by atoms with E-state index < -0.39 is 5.91 Å². The van der Waals surface area contributed by atoms with Crippen molar-refractivity contribution in [3.8, 4) is 17.3 Å². The van der Waals surface area contributed by atoms with Gasteiger partial charge < -0.3 is 0 Å². The molecule has 0 aliphatic carbocycles. The molecule has 0 saturated carbocycles. The fourth-order valence-corrected chi connectivity index (χ4v) is 4.34. The predicted molar refractivity (Wildman–Crippen MR) is 130 cm³/mol. The molecule has 0 aliphatic rings. The highest BCUT2D eigenvalue weighted by Gasteiger charge is 2.16. The standard InChI is InChI=1S/C23H16Cl2N6OS/c1-31-13-17(21(30-31)14-4-6-27-7-5-14)8-16(11-26)22(32)29-23-28-12-19(33-23)10-15-9-18(24)2-3-20(15)25/h2-9,12-13H,10H2,1H3,(H,28,29,32). The van der Waals surface area contributed by atoms with Crippen molar-refractivity contribution in [2.24, 2.45) is 7.05 Å². The molecular formula is C23H16Cl2N6OS. The van der Waals surface area contributed by atoms with Crippen molar-refractivity contribution >= 4 is 51.7 Å². The number of pyridine rings is 1. The Balaban J connectivity index is 1.52. The number of anilines is 1. The molecule has 0 fully saturated rings. The lowest BCUT2D eigenvalue weighted by Crippen LogP contribution is -2.13. The number of aromatic nitrogens is 4. The van der Waals surface area contributed by atoms with Crippen LogP contribution in [-0.2, 0) is 18.3 Å². The quantitative estimate of drug-likeness (QED) is 0.286. The van der Waals surface area contributed by atoms with E-state index in [1.54, 1.807) is 54.7 Å². The normalized spacial score (nSPS) is 11.3. The molecule has 33 heavy (non-hydrogen) atoms. The maximum absolute atomic E-state index is 12.8. The number of hydrogen-bond donors (Lipinski definition) is 1. The summed E-state index contributed by atoms with van der Waals surface area (Å²) in [4.78, 5) is 21.9. The van der Waals surface area contributed by atoms with Gasteiger partial charge in [-0.1, -0.05) is 23.2 Å². The number of hydrogen-bond acceptors (Lipinski definition) is 6. The molecule has 4 aromatic rings. The number of nitrogens with one attached hydrogen (secondary N) is 1. The number of amides is 1. The fourth-order valence-electron chi connectivity index (χ4n) is 3.13. The van der Waals surface area contributed by atoms with E-state index in [0.717, 1.165) is 16.0 Å². The second-order valence-corrected chi connectivity index (χ2v) is 8.97. The van der Waals surface area contributed by atoms with Crippen LogP contribution in [0.25, 0.3) is 17.3 Å². The van der Waals surface area contributed by atoms with Crippen LogP contribution < -0.4 is 5.32 Å². The first kappa shape index (κ1) is 22.7. The van der Waals surface area contributed by atoms with E-state index in [1.165, 1.54) is 17.4 Å². The first-order valence-electron chi connectivity index (χ1n) is 9.69. The average Bonchev–Trinajstić information content (AvgIpc) is 3.40. The Morgan fingerprint density at radius 1 is 1.27 bits per heavy atom. The van der Waals surface area contributed by atoms with Crippen LogP contribution in [0.2, 0.25) is 10.0 Å². The molecule has 0 atom stereocenters. The Bertz CT molecular complexity index is 1390. The summed E-state index contributed by atoms with van der Waals surface area (Å²) < 4.78 is 1.63. The number of halogens is 2. The molecule has 1 amide bonds. The Kier molecular flexibility index (Phi) is 6.84. The first-order chi connectivity index (χ1) is 15.9. The smallest absolute Gasteiger partial charge is 0.268 e. The van der Waals surface area contributed by atoms with Gasteiger partial charge in [0.15, 0.2) is 5.13 Å². The second-order valence-electron chi connectivity index (χ2n) is 7.01. The summed E-state index contributed by atoms with van der Waals surface area (Å²) in [5.41, 5.74) is 2.93. The highest BCUT2D eigenvalue weighted by molar-refractivity contribution is 7.15. The molecule has 4 rings (SSSR count). The van der Waals surface area contributed by atoms with Gasteiger partial charge >= 0.3 is 0 Å². The number of benzene rings is 1. The lowest BCUT2D eigenvalue weighted by atomic mass is 10.1. The molecule has 0 spiro atoms. The molecule has 0 saturated heterocycles. The molecule has 7 nitrogen and oxygen atoms in total. The van der Waals surface area contributed by atoms with Crippen LogP contribution >= 0.6 is 34.5 Å². The van der Waals surface area contributed by atoms with Gasteiger partial charge in [0.05, 0.1) is 5.69 Å². The summed E-state index contributed by atoms with van der Waals surface area (Å²) >= 11 is 13.6. The fraction of sp³-hybridized carbons (Fsp3) is 0.0870. The average molecular weight is 495 g/mol. The van der Waals surface area contributed by atoms with Crippen molar-refractivity contribution in [2.75, 3.05) is 5.32 Å². The number of carbonyl (C=O) groups is 1. The van der Waals surface area contributed by atoms with Crippen LogP contribution in [0.5, 0.6) is 0 Å². The largest absolute Gasteiger partial charge is 0.297 e. The van der Waals surface area contributed by atoms with Crippen molar-refractivity contribution in [3.63, 3.8) is 0 Å². The van der Waals surface area contributed by atoms with Gasteiger partial charge in [-0.2, -0.15) is 10.4 Å². The highest BCUT2D eigenvalue weighted by Crippen LogP contribution is 2.28. The van der Waals surface area contributed by atoms with Crippen molar-refractivity contribution in [3.05, 3.63) is 86.7 Å². The van der Waals surface area contributed by atoms with Gasteiger partial charge in [0, 0.05) is 64.3 Å². The van der Waals surface area contributed by atoms with Crippen LogP contribution in [0.1, 0.15) is 16.0 Å². The second kappa shape index (κ2) is 9.96. The van der Waals surface area contributed by atoms with E-state index in [4.69, 9.17) is 23.2 Å². The van der Waals surface area contributed by atoms with Crippen LogP contribution in [0.4, 0.5) is 5.13 Å². The molecular weight excluding hydrogens is 479 g/mol. The Labute approximate surface area is 204 Å². The van der Waals surface area contributed by atoms with Gasteiger partial charge in [-0.05, 0) is 42.0 Å². The molecule has 3 heterocycles. The number of aryl methyl sites for hydroxylation is 1. The summed E-state index contributed by atoms with van der Waals surface area (Å²) in [6.07, 6.45) is 8.77. The molecule has 164 valence electrons. The molecule has 0 aliphatic heterocycles. The topological polar surface area (TPSA) is 96.5 Å². The Morgan fingerprint density at radius 2 is 2.06 bits per heavy atom. The predicted octanol–water partition coefficient (Wildman–Crippen LogP) is 5.38. The van der Waals surface area contributed by atoms with E-state index in [-0.39, 0.29) is 5.57 Å². The Morgan fingerprint density at radius 3 is 2.82 bits per heavy atom. The van der Waals surface area contributed by atoms with Crippen LogP contribution in [0.15, 0.2) is 60.7 Å². The van der Waals surface area contributed by atoms with Gasteiger partial charge in [0.2, 0.25) is 0 Å². The van der Waals surface area contributed by atoms with Gasteiger partial charge in [-0.25, -0.2) is 4.98 Å². The van der Waals surface area contributed by atoms with Crippen LogP contribution in [-0.4, -0.2) is 25.7 Å². The van der Waals surface area contributed by atoms with Crippen LogP contribution in [0, 0.1) is 11.3 Å². The summed E-state index contributed by atoms with van der Waals surface area (Å²) in [6, 6.07) is 10.9. The lowest BCUT2D eigenvalue weighted by molar-refractivity contribution is -0.112. The Hall–Kier alpha value is -3.51. The minimum atomic E-state index is -0.552. The minimum absolute atomic E-state index is 0.0621. The molecule has 3 aromatic heterocycles. The van der Waals surface area contributed by atoms with Crippen molar-refractivity contribution in [1.29, 1.82) is 5.26 Å². The number of thiazole rings is 1. The number of nitriles is 1. The van der Waals surface area contributed by atoms with Gasteiger partial charge in [0.25, 0.3) is 5.91 Å². The number of carbonyl (C=O) groups excluding carboxylic acids is 1. The molecule has 1 aromatic carbocycles. The van der Waals surface area contributed by atoms with Crippen LogP contribution in [0.3, 0.4) is 0 Å². The third-order valence-corrected chi connectivity index (χ3v) is 6.14. The SMILES string of the molecule is Cn1cc(C=C(C#N)C(=O)Nc2ncc(Cc3cc(Cl)ccc3Cl)s2)c(-c2ccncc2)n1. The zero-order chi connectivity index (χ0) is 23.4. The molecule has 0 radical (unpaired) electrons. The maximum Gasteiger partial charge on any atom is 0.268 e. The zero-order valence-electron chi connectivity index (χ0n) is 17.3. The maximum atomic E-state index is 12.8. The molecule has 10 heteroatoms. The van der Waals surface area contributed by atoms with E-state index in [2.05, 4.69) is 20.4 Å². The van der Waals surface area contributed by atoms with E-state index in [1.807, 2.05) is 18.2 Å². The summed E-state index contributed by atoms with van der Waals surface area (Å²) in [6.45, 7) is 0. The molecule has 0 unspecified atom stereocenters. The minimum Gasteiger partial charge on any atom is -0.297 e. The third-order valence-electron chi connectivity index (χ3n) is 4.62. The zero-order valence-corrected chi connectivity index (χ0v) is 19.6. The van der Waals surface area contributed by atoms with E-state index >= 15 is 0 Å². The summed E-state index contributed by atoms with van der Waals surface area (Å²) in [5.74, 6) is -0.552. The molecule has 0 bridgehead atoms. The summed E-state index contributed by atoms with van der Waals surface area (Å²) in [5, 5.41) is 18.3. The lowest BCUT2D eigenvalue weighted by Gasteiger charge is -2.03. The number of nitrogens with zero attached hydrogens (tertiary/aromatic N) is 5. The van der Waals surface area contributed by atoms with E-state index in [9.17, 15) is 10.1 Å². The third kappa shape index (κ3) is 5.46. The summed E-state index contributed by atoms with van der Waals surface area (Å²) in [7, 11) is 1.78. The monoisotopic (exact) mass is 494 g/mol. The van der Waals surface area contributed by atoms with Crippen molar-refractivity contribution < 1.29 is 4.79 Å². The van der Waals surface area contributed by atoms with Gasteiger partial charge in [-0.15, -0.1) is 11.3 Å². The van der Waals surface area contributed by atoms with E-state index in [0.29, 0.717) is 32.9 Å². The molecule has 1 N–H and O–H groups in total. The number of rotatable bonds is 6. The van der Waals surface area contributed by atoms with Gasteiger partial charge in [-0.3, -0.25) is 19.8 Å². The van der Waals surface area contributed by atoms with Gasteiger partial charge in [0.1, 0.15) is 11.6 Å². The van der Waals surface area contributed by atoms with Crippen molar-refractivity contribution in [2.45, 2.75) is 6.42 Å². The van der Waals surface area contributed by atoms with Crippen molar-refractivity contribution in [1.82, 2.24) is 19.7 Å².